The van der Waals surface area contributed by atoms with Crippen LogP contribution in [0.4, 0.5) is 16.2 Å². The van der Waals surface area contributed by atoms with E-state index >= 15 is 0 Å². The third-order valence-corrected chi connectivity index (χ3v) is 7.74. The first kappa shape index (κ1) is 20.4. The second kappa shape index (κ2) is 8.09. The first-order valence-corrected chi connectivity index (χ1v) is 11.2. The third-order valence-electron chi connectivity index (χ3n) is 5.41. The molecule has 152 valence electrons. The zero-order valence-electron chi connectivity index (χ0n) is 16.0. The number of aryl methyl sites for hydroxylation is 1. The third kappa shape index (κ3) is 3.93. The zero-order valence-corrected chi connectivity index (χ0v) is 18.3. The highest BCUT2D eigenvalue weighted by Crippen LogP contribution is 2.47. The lowest BCUT2D eigenvalue weighted by atomic mass is 10.0. The number of urea groups is 1. The van der Waals surface area contributed by atoms with Crippen LogP contribution in [0.1, 0.15) is 18.4 Å². The number of likely N-dealkylation sites (tertiary alicyclic amines) is 1. The smallest absolute Gasteiger partial charge is 0.321 e. The van der Waals surface area contributed by atoms with Gasteiger partial charge in [-0.15, -0.1) is 11.8 Å². The van der Waals surface area contributed by atoms with Gasteiger partial charge in [0.25, 0.3) is 0 Å². The summed E-state index contributed by atoms with van der Waals surface area (Å²) in [6.07, 6.45) is 1.43. The van der Waals surface area contributed by atoms with Gasteiger partial charge in [0.1, 0.15) is 0 Å². The maximum Gasteiger partial charge on any atom is 0.321 e. The Balaban J connectivity index is 1.47. The first-order chi connectivity index (χ1) is 13.9. The molecule has 29 heavy (non-hydrogen) atoms. The lowest BCUT2D eigenvalue weighted by molar-refractivity contribution is -0.116. The van der Waals surface area contributed by atoms with Crippen molar-refractivity contribution in [3.05, 3.63) is 58.1 Å². The van der Waals surface area contributed by atoms with Crippen molar-refractivity contribution < 1.29 is 9.59 Å². The molecule has 4 rings (SSSR count). The van der Waals surface area contributed by atoms with Gasteiger partial charge in [-0.1, -0.05) is 41.4 Å². The van der Waals surface area contributed by atoms with Gasteiger partial charge in [0.15, 0.2) is 0 Å². The van der Waals surface area contributed by atoms with E-state index in [1.165, 1.54) is 0 Å². The highest BCUT2D eigenvalue weighted by atomic mass is 35.5. The van der Waals surface area contributed by atoms with Gasteiger partial charge in [-0.05, 0) is 49.6 Å². The van der Waals surface area contributed by atoms with Crippen molar-refractivity contribution in [3.63, 3.8) is 0 Å². The number of thioether (sulfide) groups is 1. The van der Waals surface area contributed by atoms with Crippen LogP contribution < -0.4 is 10.2 Å². The molecule has 0 bridgehead atoms. The van der Waals surface area contributed by atoms with Crippen molar-refractivity contribution in [1.82, 2.24) is 4.90 Å². The van der Waals surface area contributed by atoms with Crippen LogP contribution in [-0.4, -0.2) is 40.6 Å². The number of piperidine rings is 1. The van der Waals surface area contributed by atoms with Gasteiger partial charge in [0, 0.05) is 18.8 Å². The molecule has 1 spiro atoms. The molecule has 0 atom stereocenters. The quantitative estimate of drug-likeness (QED) is 0.666. The number of carbonyl (C=O) groups is 2. The van der Waals surface area contributed by atoms with Gasteiger partial charge in [-0.3, -0.25) is 9.69 Å². The molecule has 5 nitrogen and oxygen atoms in total. The number of halogens is 2. The molecule has 2 saturated heterocycles. The van der Waals surface area contributed by atoms with Crippen LogP contribution in [0.3, 0.4) is 0 Å². The van der Waals surface area contributed by atoms with Crippen molar-refractivity contribution in [1.29, 1.82) is 0 Å². The van der Waals surface area contributed by atoms with E-state index < -0.39 is 0 Å². The van der Waals surface area contributed by atoms with Crippen LogP contribution in [0, 0.1) is 6.92 Å². The molecule has 2 aromatic carbocycles. The molecule has 2 aliphatic rings. The normalized spacial score (nSPS) is 18.4. The summed E-state index contributed by atoms with van der Waals surface area (Å²) in [5.74, 6) is 0.599. The van der Waals surface area contributed by atoms with Crippen molar-refractivity contribution in [2.24, 2.45) is 0 Å². The number of carbonyl (C=O) groups excluding carboxylic acids is 2. The van der Waals surface area contributed by atoms with Crippen molar-refractivity contribution >= 4 is 58.3 Å². The molecule has 0 radical (unpaired) electrons. The number of anilines is 2. The molecule has 1 N–H and O–H groups in total. The van der Waals surface area contributed by atoms with E-state index in [1.54, 1.807) is 34.9 Å². The van der Waals surface area contributed by atoms with Crippen LogP contribution in [-0.2, 0) is 4.79 Å². The maximum atomic E-state index is 12.7. The van der Waals surface area contributed by atoms with Gasteiger partial charge in [0.2, 0.25) is 5.91 Å². The predicted octanol–water partition coefficient (Wildman–Crippen LogP) is 5.41. The minimum Gasteiger partial charge on any atom is -0.324 e. The van der Waals surface area contributed by atoms with E-state index in [1.807, 2.05) is 36.1 Å². The van der Waals surface area contributed by atoms with Crippen LogP contribution in [0.5, 0.6) is 0 Å². The van der Waals surface area contributed by atoms with Crippen molar-refractivity contribution in [3.8, 4) is 0 Å². The number of benzene rings is 2. The Morgan fingerprint density at radius 2 is 1.86 bits per heavy atom. The number of amides is 3. The molecule has 2 fully saturated rings. The fourth-order valence-corrected chi connectivity index (χ4v) is 5.60. The number of rotatable bonds is 2. The number of hydrogen-bond donors (Lipinski definition) is 1. The van der Waals surface area contributed by atoms with E-state index in [-0.39, 0.29) is 16.8 Å². The zero-order chi connectivity index (χ0) is 20.6. The Morgan fingerprint density at radius 1 is 1.14 bits per heavy atom. The monoisotopic (exact) mass is 449 g/mol. The summed E-state index contributed by atoms with van der Waals surface area (Å²) in [6.45, 7) is 3.15. The Kier molecular flexibility index (Phi) is 5.69. The predicted molar refractivity (Wildman–Crippen MR) is 120 cm³/mol. The molecule has 0 aliphatic carbocycles. The van der Waals surface area contributed by atoms with E-state index in [0.717, 1.165) is 11.3 Å². The molecular weight excluding hydrogens is 429 g/mol. The van der Waals surface area contributed by atoms with Gasteiger partial charge < -0.3 is 10.2 Å². The van der Waals surface area contributed by atoms with Crippen LogP contribution in [0.15, 0.2) is 42.5 Å². The average molecular weight is 450 g/mol. The number of nitrogens with one attached hydrogen (secondary N) is 1. The number of hydrogen-bond acceptors (Lipinski definition) is 3. The van der Waals surface area contributed by atoms with Crippen LogP contribution in [0.2, 0.25) is 10.0 Å². The number of nitrogens with zero attached hydrogens (tertiary/aromatic N) is 2. The minimum atomic E-state index is -0.296. The largest absolute Gasteiger partial charge is 0.324 e. The summed E-state index contributed by atoms with van der Waals surface area (Å²) < 4.78 is 0. The van der Waals surface area contributed by atoms with E-state index in [0.29, 0.717) is 47.4 Å². The maximum absolute atomic E-state index is 12.7. The summed E-state index contributed by atoms with van der Waals surface area (Å²) in [7, 11) is 0. The topological polar surface area (TPSA) is 52.7 Å². The average Bonchev–Trinajstić information content (AvgIpc) is 3.01. The van der Waals surface area contributed by atoms with Gasteiger partial charge in [0.05, 0.1) is 26.4 Å². The van der Waals surface area contributed by atoms with E-state index in [2.05, 4.69) is 5.32 Å². The first-order valence-electron chi connectivity index (χ1n) is 9.43. The molecule has 8 heteroatoms. The lowest BCUT2D eigenvalue weighted by Crippen LogP contribution is -2.53. The molecule has 0 aromatic heterocycles. The molecule has 0 unspecified atom stereocenters. The van der Waals surface area contributed by atoms with Gasteiger partial charge >= 0.3 is 6.03 Å². The summed E-state index contributed by atoms with van der Waals surface area (Å²) in [6, 6.07) is 13.0. The van der Waals surface area contributed by atoms with E-state index in [9.17, 15) is 9.59 Å². The summed E-state index contributed by atoms with van der Waals surface area (Å²) in [5, 5.41) is 3.57. The Morgan fingerprint density at radius 3 is 2.59 bits per heavy atom. The molecule has 3 amide bonds. The van der Waals surface area contributed by atoms with Gasteiger partial charge in [-0.2, -0.15) is 0 Å². The molecule has 0 saturated carbocycles. The highest BCUT2D eigenvalue weighted by molar-refractivity contribution is 8.02. The van der Waals surface area contributed by atoms with Crippen molar-refractivity contribution in [2.45, 2.75) is 24.6 Å². The molecule has 2 aromatic rings. The van der Waals surface area contributed by atoms with Crippen LogP contribution >= 0.6 is 35.0 Å². The molecule has 2 aliphatic heterocycles. The standard InChI is InChI=1S/C21H21Cl2N3O2S/c1-14-4-2-5-15(12-14)26-18(27)13-29-21(26)8-10-25(11-9-21)20(28)24-17-7-3-6-16(22)19(17)23/h2-7,12H,8-11,13H2,1H3,(H,24,28). The fourth-order valence-electron chi connectivity index (χ4n) is 3.92. The second-order valence-corrected chi connectivity index (χ2v) is 9.44. The second-order valence-electron chi connectivity index (χ2n) is 7.32. The Labute approximate surface area is 184 Å². The summed E-state index contributed by atoms with van der Waals surface area (Å²) >= 11 is 13.9. The minimum absolute atomic E-state index is 0.129. The van der Waals surface area contributed by atoms with Crippen LogP contribution in [0.25, 0.3) is 0 Å². The summed E-state index contributed by atoms with van der Waals surface area (Å²) in [5.41, 5.74) is 2.55. The molecular formula is C21H21Cl2N3O2S. The van der Waals surface area contributed by atoms with Crippen molar-refractivity contribution in [2.75, 3.05) is 29.1 Å². The highest BCUT2D eigenvalue weighted by Gasteiger charge is 2.49. The summed E-state index contributed by atoms with van der Waals surface area (Å²) in [4.78, 5) is 28.8. The Hall–Kier alpha value is -1.89. The molecule has 2 heterocycles. The fraction of sp³-hybridized carbons (Fsp3) is 0.333. The van der Waals surface area contributed by atoms with E-state index in [4.69, 9.17) is 23.2 Å². The SMILES string of the molecule is Cc1cccc(N2C(=O)CSC23CCN(C(=O)Nc2cccc(Cl)c2Cl)CC3)c1. The van der Waals surface area contributed by atoms with Gasteiger partial charge in [-0.25, -0.2) is 4.79 Å². The Bertz CT molecular complexity index is 961. The lowest BCUT2D eigenvalue weighted by Gasteiger charge is -2.44.